The predicted octanol–water partition coefficient (Wildman–Crippen LogP) is 3.65. The molecule has 1 atom stereocenters. The highest BCUT2D eigenvalue weighted by Gasteiger charge is 2.29. The molecule has 0 radical (unpaired) electrons. The highest BCUT2D eigenvalue weighted by Crippen LogP contribution is 2.27. The van der Waals surface area contributed by atoms with Gasteiger partial charge in [-0.05, 0) is 30.9 Å². The van der Waals surface area contributed by atoms with Crippen LogP contribution in [0.25, 0.3) is 0 Å². The van der Waals surface area contributed by atoms with Crippen LogP contribution in [0.15, 0.2) is 18.3 Å². The number of unbranched alkanes of at least 4 members (excludes halogenated alkanes) is 4. The maximum absolute atomic E-state index is 11.7. The second kappa shape index (κ2) is 8.01. The Morgan fingerprint density at radius 3 is 2.95 bits per heavy atom. The van der Waals surface area contributed by atoms with E-state index in [1.165, 1.54) is 24.8 Å². The van der Waals surface area contributed by atoms with E-state index in [1.54, 1.807) is 6.20 Å². The zero-order chi connectivity index (χ0) is 15.1. The first-order valence-corrected chi connectivity index (χ1v) is 8.17. The number of pyridine rings is 1. The molecule has 4 nitrogen and oxygen atoms in total. The topological polar surface area (TPSA) is 53.4 Å². The molecule has 0 aromatic carbocycles. The molecule has 0 bridgehead atoms. The van der Waals surface area contributed by atoms with E-state index < -0.39 is 12.0 Å². The summed E-state index contributed by atoms with van der Waals surface area (Å²) in [6.07, 6.45) is 10.3. The maximum Gasteiger partial charge on any atom is 0.326 e. The summed E-state index contributed by atoms with van der Waals surface area (Å²) in [4.78, 5) is 18.1. The summed E-state index contributed by atoms with van der Waals surface area (Å²) in [5.74, 6) is 0.161. The van der Waals surface area contributed by atoms with Crippen LogP contribution < -0.4 is 4.90 Å². The molecule has 1 aromatic rings. The van der Waals surface area contributed by atoms with Gasteiger partial charge >= 0.3 is 5.97 Å². The molecule has 1 aromatic heterocycles. The van der Waals surface area contributed by atoms with Crippen LogP contribution in [0.3, 0.4) is 0 Å². The fraction of sp³-hybridized carbons (Fsp3) is 0.647. The molecule has 2 heterocycles. The number of carbonyl (C=O) groups is 1. The third-order valence-electron chi connectivity index (χ3n) is 4.23. The maximum atomic E-state index is 11.7. The Balaban J connectivity index is 2.00. The van der Waals surface area contributed by atoms with E-state index in [1.807, 2.05) is 11.0 Å². The molecule has 0 spiro atoms. The number of aromatic nitrogens is 1. The van der Waals surface area contributed by atoms with Crippen LogP contribution in [-0.2, 0) is 11.2 Å². The molecule has 116 valence electrons. The third-order valence-corrected chi connectivity index (χ3v) is 4.23. The Morgan fingerprint density at radius 2 is 2.19 bits per heavy atom. The van der Waals surface area contributed by atoms with Crippen LogP contribution in [0.5, 0.6) is 0 Å². The van der Waals surface area contributed by atoms with Crippen LogP contribution in [0, 0.1) is 0 Å². The smallest absolute Gasteiger partial charge is 0.326 e. The number of fused-ring (bicyclic) bond motifs is 1. The van der Waals surface area contributed by atoms with Gasteiger partial charge in [0.1, 0.15) is 11.9 Å². The molecule has 0 amide bonds. The van der Waals surface area contributed by atoms with E-state index in [9.17, 15) is 9.90 Å². The number of anilines is 1. The van der Waals surface area contributed by atoms with Crippen LogP contribution in [-0.4, -0.2) is 28.6 Å². The number of aryl methyl sites for hydroxylation is 1. The quantitative estimate of drug-likeness (QED) is 0.743. The second-order valence-electron chi connectivity index (χ2n) is 5.84. The van der Waals surface area contributed by atoms with Gasteiger partial charge in [-0.25, -0.2) is 9.78 Å². The number of nitrogens with zero attached hydrogens (tertiary/aromatic N) is 2. The first kappa shape index (κ1) is 15.8. The second-order valence-corrected chi connectivity index (χ2v) is 5.84. The standard InChI is InChI=1S/C17H26N2O2/c1-2-3-4-5-6-11-15(17(20)21)19-13-8-10-14-9-7-12-18-16(14)19/h7,9,12,15H,2-6,8,10-11,13H2,1H3,(H,20,21). The minimum Gasteiger partial charge on any atom is -0.480 e. The van der Waals surface area contributed by atoms with Crippen molar-refractivity contribution in [3.05, 3.63) is 23.9 Å². The average Bonchev–Trinajstić information content (AvgIpc) is 2.50. The molecule has 21 heavy (non-hydrogen) atoms. The van der Waals surface area contributed by atoms with Crippen molar-refractivity contribution in [2.24, 2.45) is 0 Å². The normalized spacial score (nSPS) is 15.6. The summed E-state index contributed by atoms with van der Waals surface area (Å²) in [7, 11) is 0. The summed E-state index contributed by atoms with van der Waals surface area (Å²) in [5.41, 5.74) is 1.18. The van der Waals surface area contributed by atoms with Gasteiger partial charge in [-0.1, -0.05) is 45.1 Å². The monoisotopic (exact) mass is 290 g/mol. The van der Waals surface area contributed by atoms with Gasteiger partial charge in [-0.3, -0.25) is 0 Å². The van der Waals surface area contributed by atoms with E-state index in [4.69, 9.17) is 0 Å². The molecule has 0 saturated heterocycles. The Hall–Kier alpha value is -1.58. The van der Waals surface area contributed by atoms with Gasteiger partial charge in [0.15, 0.2) is 0 Å². The van der Waals surface area contributed by atoms with Gasteiger partial charge in [-0.2, -0.15) is 0 Å². The molecule has 1 aliphatic heterocycles. The minimum absolute atomic E-state index is 0.430. The van der Waals surface area contributed by atoms with E-state index in [2.05, 4.69) is 18.0 Å². The molecule has 4 heteroatoms. The van der Waals surface area contributed by atoms with Crippen molar-refractivity contribution in [3.8, 4) is 0 Å². The highest BCUT2D eigenvalue weighted by molar-refractivity contribution is 5.78. The van der Waals surface area contributed by atoms with Gasteiger partial charge in [0.25, 0.3) is 0 Å². The fourth-order valence-corrected chi connectivity index (χ4v) is 3.09. The Labute approximate surface area is 127 Å². The summed E-state index contributed by atoms with van der Waals surface area (Å²) in [6.45, 7) is 2.99. The Bertz CT molecular complexity index is 462. The first-order chi connectivity index (χ1) is 10.2. The molecule has 0 aliphatic carbocycles. The SMILES string of the molecule is CCCCCCCC(C(=O)O)N1CCCc2cccnc21. The van der Waals surface area contributed by atoms with E-state index in [0.717, 1.165) is 44.5 Å². The molecule has 1 aliphatic rings. The van der Waals surface area contributed by atoms with Crippen molar-refractivity contribution in [3.63, 3.8) is 0 Å². The minimum atomic E-state index is -0.719. The number of carboxylic acid groups (broad SMARTS) is 1. The van der Waals surface area contributed by atoms with Crippen molar-refractivity contribution in [2.45, 2.75) is 64.3 Å². The van der Waals surface area contributed by atoms with E-state index in [0.29, 0.717) is 0 Å². The van der Waals surface area contributed by atoms with Gasteiger partial charge in [0.2, 0.25) is 0 Å². The molecule has 0 fully saturated rings. The Morgan fingerprint density at radius 1 is 1.38 bits per heavy atom. The van der Waals surface area contributed by atoms with Gasteiger partial charge < -0.3 is 10.0 Å². The summed E-state index contributed by atoms with van der Waals surface area (Å²) < 4.78 is 0. The van der Waals surface area contributed by atoms with Crippen molar-refractivity contribution >= 4 is 11.8 Å². The lowest BCUT2D eigenvalue weighted by Crippen LogP contribution is -2.44. The lowest BCUT2D eigenvalue weighted by molar-refractivity contribution is -0.138. The van der Waals surface area contributed by atoms with Crippen LogP contribution >= 0.6 is 0 Å². The zero-order valence-electron chi connectivity index (χ0n) is 12.9. The van der Waals surface area contributed by atoms with Crippen molar-refractivity contribution in [1.29, 1.82) is 0 Å². The molecule has 1 N–H and O–H groups in total. The lowest BCUT2D eigenvalue weighted by atomic mass is 10.0. The Kier molecular flexibility index (Phi) is 6.03. The fourth-order valence-electron chi connectivity index (χ4n) is 3.09. The lowest BCUT2D eigenvalue weighted by Gasteiger charge is -2.34. The van der Waals surface area contributed by atoms with E-state index >= 15 is 0 Å². The third kappa shape index (κ3) is 4.19. The number of carboxylic acids is 1. The largest absolute Gasteiger partial charge is 0.480 e. The van der Waals surface area contributed by atoms with Crippen LogP contribution in [0.1, 0.15) is 57.4 Å². The number of hydrogen-bond donors (Lipinski definition) is 1. The number of aliphatic carboxylic acids is 1. The summed E-state index contributed by atoms with van der Waals surface area (Å²) in [6, 6.07) is 3.57. The van der Waals surface area contributed by atoms with Crippen LogP contribution in [0.4, 0.5) is 5.82 Å². The first-order valence-electron chi connectivity index (χ1n) is 8.17. The van der Waals surface area contributed by atoms with Gasteiger partial charge in [-0.15, -0.1) is 0 Å². The number of hydrogen-bond acceptors (Lipinski definition) is 3. The summed E-state index contributed by atoms with van der Waals surface area (Å²) >= 11 is 0. The van der Waals surface area contributed by atoms with E-state index in [-0.39, 0.29) is 0 Å². The van der Waals surface area contributed by atoms with Crippen molar-refractivity contribution < 1.29 is 9.90 Å². The molecule has 0 saturated carbocycles. The predicted molar refractivity (Wildman–Crippen MR) is 84.7 cm³/mol. The average molecular weight is 290 g/mol. The van der Waals surface area contributed by atoms with Crippen molar-refractivity contribution in [1.82, 2.24) is 4.98 Å². The molecule has 2 rings (SSSR count). The van der Waals surface area contributed by atoms with Gasteiger partial charge in [0, 0.05) is 12.7 Å². The van der Waals surface area contributed by atoms with Crippen LogP contribution in [0.2, 0.25) is 0 Å². The number of rotatable bonds is 8. The molecule has 1 unspecified atom stereocenters. The summed E-state index contributed by atoms with van der Waals surface area (Å²) in [5, 5.41) is 9.58. The molecular formula is C17H26N2O2. The highest BCUT2D eigenvalue weighted by atomic mass is 16.4. The molecular weight excluding hydrogens is 264 g/mol. The van der Waals surface area contributed by atoms with Gasteiger partial charge in [0.05, 0.1) is 0 Å². The van der Waals surface area contributed by atoms with Crippen molar-refractivity contribution in [2.75, 3.05) is 11.4 Å². The zero-order valence-corrected chi connectivity index (χ0v) is 12.9.